The highest BCUT2D eigenvalue weighted by Gasteiger charge is 1.94. The molecule has 0 spiro atoms. The topological polar surface area (TPSA) is 37.3 Å². The summed E-state index contributed by atoms with van der Waals surface area (Å²) in [5, 5.41) is 8.44. The Bertz CT molecular complexity index is 371. The Labute approximate surface area is 96.3 Å². The van der Waals surface area contributed by atoms with Crippen molar-refractivity contribution in [1.29, 1.82) is 0 Å². The van der Waals surface area contributed by atoms with E-state index in [1.54, 1.807) is 0 Å². The summed E-state index contributed by atoms with van der Waals surface area (Å²) in [7, 11) is 0. The van der Waals surface area contributed by atoms with Crippen LogP contribution < -0.4 is 0 Å². The van der Waals surface area contributed by atoms with Crippen LogP contribution in [0, 0.1) is 11.8 Å². The van der Waals surface area contributed by atoms with Crippen LogP contribution in [0.2, 0.25) is 0 Å². The monoisotopic (exact) mass is 216 g/mol. The summed E-state index contributed by atoms with van der Waals surface area (Å²) in [5.74, 6) is 5.46. The highest BCUT2D eigenvalue weighted by Crippen LogP contribution is 2.02. The normalized spacial score (nSPS) is 9.25. The molecule has 0 radical (unpaired) electrons. The van der Waals surface area contributed by atoms with Crippen molar-refractivity contribution in [2.45, 2.75) is 32.1 Å². The van der Waals surface area contributed by atoms with Crippen LogP contribution in [0.4, 0.5) is 0 Å². The minimum Gasteiger partial charge on any atom is -0.481 e. The minimum atomic E-state index is -0.713. The Morgan fingerprint density at radius 3 is 2.56 bits per heavy atom. The maximum absolute atomic E-state index is 10.2. The largest absolute Gasteiger partial charge is 0.481 e. The van der Waals surface area contributed by atoms with Gasteiger partial charge in [-0.05, 0) is 25.0 Å². The lowest BCUT2D eigenvalue weighted by atomic mass is 10.1. The molecule has 0 unspecified atom stereocenters. The molecule has 0 bridgehead atoms. The molecule has 16 heavy (non-hydrogen) atoms. The molecule has 1 aromatic carbocycles. The van der Waals surface area contributed by atoms with E-state index in [9.17, 15) is 4.79 Å². The van der Waals surface area contributed by atoms with Crippen LogP contribution >= 0.6 is 0 Å². The zero-order chi connectivity index (χ0) is 11.6. The Balaban J connectivity index is 2.12. The third kappa shape index (κ3) is 5.87. The first-order valence-electron chi connectivity index (χ1n) is 5.55. The lowest BCUT2D eigenvalue weighted by Crippen LogP contribution is -1.93. The van der Waals surface area contributed by atoms with Crippen LogP contribution in [0.1, 0.15) is 37.7 Å². The van der Waals surface area contributed by atoms with Gasteiger partial charge in [0.1, 0.15) is 0 Å². The van der Waals surface area contributed by atoms with Gasteiger partial charge in [0, 0.05) is 18.4 Å². The van der Waals surface area contributed by atoms with Gasteiger partial charge in [0.05, 0.1) is 0 Å². The number of hydrogen-bond acceptors (Lipinski definition) is 1. The summed E-state index contributed by atoms with van der Waals surface area (Å²) in [6.07, 6.45) is 3.78. The van der Waals surface area contributed by atoms with Crippen molar-refractivity contribution in [3.63, 3.8) is 0 Å². The summed E-state index contributed by atoms with van der Waals surface area (Å²) in [4.78, 5) is 10.2. The Morgan fingerprint density at radius 1 is 1.12 bits per heavy atom. The molecular formula is C14H16O2. The van der Waals surface area contributed by atoms with E-state index < -0.39 is 5.97 Å². The van der Waals surface area contributed by atoms with Gasteiger partial charge in [0.25, 0.3) is 0 Å². The fourth-order valence-corrected chi connectivity index (χ4v) is 1.35. The Hall–Kier alpha value is -1.75. The fourth-order valence-electron chi connectivity index (χ4n) is 1.35. The molecule has 1 rings (SSSR count). The molecule has 0 saturated heterocycles. The SMILES string of the molecule is O=C(O)CCCCCC#Cc1ccccc1. The van der Waals surface area contributed by atoms with Crippen molar-refractivity contribution in [2.75, 3.05) is 0 Å². The van der Waals surface area contributed by atoms with Crippen molar-refractivity contribution in [1.82, 2.24) is 0 Å². The molecule has 1 N–H and O–H groups in total. The van der Waals surface area contributed by atoms with Crippen LogP contribution in [0.3, 0.4) is 0 Å². The molecule has 1 aromatic rings. The molecule has 0 heterocycles. The van der Waals surface area contributed by atoms with E-state index in [4.69, 9.17) is 5.11 Å². The van der Waals surface area contributed by atoms with Gasteiger partial charge in [0.2, 0.25) is 0 Å². The van der Waals surface area contributed by atoms with E-state index in [0.29, 0.717) is 0 Å². The summed E-state index contributed by atoms with van der Waals surface area (Å²) in [6.45, 7) is 0. The van der Waals surface area contributed by atoms with E-state index in [2.05, 4.69) is 11.8 Å². The molecular weight excluding hydrogens is 200 g/mol. The van der Waals surface area contributed by atoms with Gasteiger partial charge in [-0.2, -0.15) is 0 Å². The lowest BCUT2D eigenvalue weighted by Gasteiger charge is -1.93. The highest BCUT2D eigenvalue weighted by molar-refractivity contribution is 5.66. The van der Waals surface area contributed by atoms with E-state index in [1.807, 2.05) is 30.3 Å². The lowest BCUT2D eigenvalue weighted by molar-refractivity contribution is -0.137. The van der Waals surface area contributed by atoms with E-state index >= 15 is 0 Å². The number of hydrogen-bond donors (Lipinski definition) is 1. The van der Waals surface area contributed by atoms with Crippen LogP contribution in [-0.2, 0) is 4.79 Å². The molecule has 0 fully saturated rings. The zero-order valence-corrected chi connectivity index (χ0v) is 9.28. The van der Waals surface area contributed by atoms with Crippen LogP contribution in [-0.4, -0.2) is 11.1 Å². The smallest absolute Gasteiger partial charge is 0.303 e. The van der Waals surface area contributed by atoms with Gasteiger partial charge in [0.15, 0.2) is 0 Å². The molecule has 84 valence electrons. The first-order chi connectivity index (χ1) is 7.79. The maximum atomic E-state index is 10.2. The standard InChI is InChI=1S/C14H16O2/c15-14(16)12-8-3-1-2-5-9-13-10-6-4-7-11-13/h4,6-7,10-11H,1-3,8,12H2,(H,15,16). The van der Waals surface area contributed by atoms with Crippen molar-refractivity contribution in [3.05, 3.63) is 35.9 Å². The van der Waals surface area contributed by atoms with Gasteiger partial charge in [-0.1, -0.05) is 36.5 Å². The second kappa shape index (κ2) is 7.53. The molecule has 0 amide bonds. The van der Waals surface area contributed by atoms with E-state index in [1.165, 1.54) is 0 Å². The number of unbranched alkanes of at least 4 members (excludes halogenated alkanes) is 3. The van der Waals surface area contributed by atoms with E-state index in [-0.39, 0.29) is 6.42 Å². The Kier molecular flexibility index (Phi) is 5.80. The van der Waals surface area contributed by atoms with E-state index in [0.717, 1.165) is 31.2 Å². The summed E-state index contributed by atoms with van der Waals surface area (Å²) >= 11 is 0. The van der Waals surface area contributed by atoms with Crippen LogP contribution in [0.25, 0.3) is 0 Å². The molecule has 0 aromatic heterocycles. The predicted molar refractivity (Wildman–Crippen MR) is 64.0 cm³/mol. The van der Waals surface area contributed by atoms with Gasteiger partial charge >= 0.3 is 5.97 Å². The number of rotatable bonds is 5. The van der Waals surface area contributed by atoms with Gasteiger partial charge in [-0.25, -0.2) is 0 Å². The minimum absolute atomic E-state index is 0.270. The molecule has 2 nitrogen and oxygen atoms in total. The summed E-state index contributed by atoms with van der Waals surface area (Å²) < 4.78 is 0. The van der Waals surface area contributed by atoms with Crippen molar-refractivity contribution < 1.29 is 9.90 Å². The highest BCUT2D eigenvalue weighted by atomic mass is 16.4. The van der Waals surface area contributed by atoms with Gasteiger partial charge in [-0.15, -0.1) is 0 Å². The van der Waals surface area contributed by atoms with Gasteiger partial charge < -0.3 is 5.11 Å². The molecule has 0 aliphatic carbocycles. The number of carboxylic acids is 1. The molecule has 0 saturated carbocycles. The second-order valence-electron chi connectivity index (χ2n) is 3.62. The van der Waals surface area contributed by atoms with Crippen molar-refractivity contribution in [3.8, 4) is 11.8 Å². The number of carbonyl (C=O) groups is 1. The third-order valence-electron chi connectivity index (χ3n) is 2.20. The van der Waals surface area contributed by atoms with Crippen molar-refractivity contribution >= 4 is 5.97 Å². The maximum Gasteiger partial charge on any atom is 0.303 e. The first-order valence-corrected chi connectivity index (χ1v) is 5.55. The summed E-state index contributed by atoms with van der Waals surface area (Å²) in [5.41, 5.74) is 1.04. The predicted octanol–water partition coefficient (Wildman–Crippen LogP) is 3.07. The zero-order valence-electron chi connectivity index (χ0n) is 9.28. The third-order valence-corrected chi connectivity index (χ3v) is 2.20. The Morgan fingerprint density at radius 2 is 1.88 bits per heavy atom. The molecule has 0 aliphatic heterocycles. The molecule has 0 atom stereocenters. The van der Waals surface area contributed by atoms with Crippen LogP contribution in [0.5, 0.6) is 0 Å². The molecule has 0 aliphatic rings. The van der Waals surface area contributed by atoms with Gasteiger partial charge in [-0.3, -0.25) is 4.79 Å². The average Bonchev–Trinajstić information content (AvgIpc) is 2.29. The number of aliphatic carboxylic acids is 1. The number of benzene rings is 1. The average molecular weight is 216 g/mol. The van der Waals surface area contributed by atoms with Crippen LogP contribution in [0.15, 0.2) is 30.3 Å². The quantitative estimate of drug-likeness (QED) is 0.606. The number of carboxylic acid groups (broad SMARTS) is 1. The summed E-state index contributed by atoms with van der Waals surface area (Å²) in [6, 6.07) is 9.87. The fraction of sp³-hybridized carbons (Fsp3) is 0.357. The molecule has 2 heteroatoms. The first kappa shape index (κ1) is 12.3. The van der Waals surface area contributed by atoms with Crippen molar-refractivity contribution in [2.24, 2.45) is 0 Å². The second-order valence-corrected chi connectivity index (χ2v) is 3.62.